The molecule has 6 heteroatoms. The van der Waals surface area contributed by atoms with E-state index in [1.54, 1.807) is 24.3 Å². The number of carbonyl (C=O) groups excluding carboxylic acids is 4. The van der Waals surface area contributed by atoms with Gasteiger partial charge in [0.1, 0.15) is 0 Å². The van der Waals surface area contributed by atoms with Gasteiger partial charge in [0.2, 0.25) is 0 Å². The number of unbranched alkanes of at least 4 members (excludes halogenated alkanes) is 4. The minimum Gasteiger partial charge on any atom is -0.274 e. The third kappa shape index (κ3) is 6.05. The van der Waals surface area contributed by atoms with E-state index in [0.29, 0.717) is 46.1 Å². The molecule has 0 saturated heterocycles. The molecule has 0 fully saturated rings. The van der Waals surface area contributed by atoms with Gasteiger partial charge >= 0.3 is 0 Å². The van der Waals surface area contributed by atoms with E-state index in [1.165, 1.54) is 9.80 Å². The number of amides is 4. The molecule has 228 valence electrons. The third-order valence-corrected chi connectivity index (χ3v) is 9.68. The summed E-state index contributed by atoms with van der Waals surface area (Å²) < 4.78 is 0. The zero-order valence-corrected chi connectivity index (χ0v) is 26.7. The van der Waals surface area contributed by atoms with E-state index < -0.39 is 0 Å². The van der Waals surface area contributed by atoms with Gasteiger partial charge in [0, 0.05) is 46.1 Å². The van der Waals surface area contributed by atoms with Crippen molar-refractivity contribution in [2.45, 2.75) is 119 Å². The molecule has 0 spiro atoms. The molecule has 0 unspecified atom stereocenters. The van der Waals surface area contributed by atoms with E-state index in [-0.39, 0.29) is 34.5 Å². The van der Waals surface area contributed by atoms with Gasteiger partial charge in [0.15, 0.2) is 0 Å². The molecule has 0 atom stereocenters. The summed E-state index contributed by atoms with van der Waals surface area (Å²) in [6.07, 6.45) is 12.3. The summed E-state index contributed by atoms with van der Waals surface area (Å²) in [4.78, 5) is 58.5. The first kappa shape index (κ1) is 31.9. The molecule has 0 N–H and O–H groups in total. The standard InChI is InChI=1S/C36H50N2O4/c1-7-11-19-35(5,20-12-8-2)23-37-31(39)25-15-17-27-30-28(18-16-26(29(25)30)32(37)40)34(42)38(33(27)41)24-36(6,21-13-9-3)22-14-10-4/h15-18H,7-14,19-24H2,1-6H3. The van der Waals surface area contributed by atoms with Crippen molar-refractivity contribution in [3.8, 4) is 0 Å². The second kappa shape index (κ2) is 13.1. The minimum absolute atomic E-state index is 0.159. The summed E-state index contributed by atoms with van der Waals surface area (Å²) in [6, 6.07) is 6.78. The van der Waals surface area contributed by atoms with Crippen molar-refractivity contribution in [2.24, 2.45) is 10.8 Å². The Balaban J connectivity index is 1.72. The van der Waals surface area contributed by atoms with Crippen LogP contribution in [0, 0.1) is 10.8 Å². The van der Waals surface area contributed by atoms with Gasteiger partial charge in [-0.1, -0.05) is 92.9 Å². The van der Waals surface area contributed by atoms with Crippen LogP contribution in [0.25, 0.3) is 10.8 Å². The summed E-state index contributed by atoms with van der Waals surface area (Å²) in [6.45, 7) is 13.8. The number of hydrogen-bond donors (Lipinski definition) is 0. The number of hydrogen-bond acceptors (Lipinski definition) is 4. The van der Waals surface area contributed by atoms with E-state index >= 15 is 0 Å². The number of carbonyl (C=O) groups is 4. The van der Waals surface area contributed by atoms with Gasteiger partial charge in [-0.05, 0) is 60.8 Å². The zero-order chi connectivity index (χ0) is 30.7. The number of nitrogens with zero attached hydrogens (tertiary/aromatic N) is 2. The minimum atomic E-state index is -0.329. The number of benzene rings is 2. The topological polar surface area (TPSA) is 74.8 Å². The molecule has 4 amide bonds. The van der Waals surface area contributed by atoms with Crippen molar-refractivity contribution in [1.29, 1.82) is 0 Å². The van der Waals surface area contributed by atoms with Gasteiger partial charge in [-0.25, -0.2) is 0 Å². The van der Waals surface area contributed by atoms with Gasteiger partial charge in [-0.3, -0.25) is 29.0 Å². The molecule has 2 aliphatic heterocycles. The molecule has 0 aliphatic carbocycles. The van der Waals surface area contributed by atoms with Crippen molar-refractivity contribution in [1.82, 2.24) is 9.80 Å². The Morgan fingerprint density at radius 3 is 0.929 bits per heavy atom. The monoisotopic (exact) mass is 574 g/mol. The van der Waals surface area contributed by atoms with Crippen LogP contribution in [0.5, 0.6) is 0 Å². The molecule has 0 aromatic heterocycles. The average molecular weight is 575 g/mol. The second-order valence-electron chi connectivity index (χ2n) is 13.5. The maximum Gasteiger partial charge on any atom is 0.261 e. The van der Waals surface area contributed by atoms with Crippen LogP contribution in [0.15, 0.2) is 24.3 Å². The Bertz CT molecular complexity index is 1170. The van der Waals surface area contributed by atoms with Crippen molar-refractivity contribution < 1.29 is 19.2 Å². The summed E-state index contributed by atoms with van der Waals surface area (Å²) in [5.41, 5.74) is 1.31. The van der Waals surface area contributed by atoms with E-state index in [1.807, 2.05) is 0 Å². The van der Waals surface area contributed by atoms with Crippen molar-refractivity contribution >= 4 is 34.4 Å². The SMILES string of the molecule is CCCCC(C)(CCCC)CN1C(=O)c2ccc3c4c(ccc(c24)C1=O)C(=O)N(CC(C)(CCCC)CCCC)C3=O. The van der Waals surface area contributed by atoms with Gasteiger partial charge in [0.05, 0.1) is 0 Å². The Morgan fingerprint density at radius 1 is 0.476 bits per heavy atom. The first-order chi connectivity index (χ1) is 20.0. The summed E-state index contributed by atoms with van der Waals surface area (Å²) >= 11 is 0. The van der Waals surface area contributed by atoms with Crippen LogP contribution >= 0.6 is 0 Å². The van der Waals surface area contributed by atoms with E-state index in [0.717, 1.165) is 77.0 Å². The van der Waals surface area contributed by atoms with Crippen LogP contribution in [0.3, 0.4) is 0 Å². The number of imide groups is 2. The predicted octanol–water partition coefficient (Wildman–Crippen LogP) is 8.81. The molecule has 4 rings (SSSR count). The number of rotatable bonds is 16. The molecule has 0 bridgehead atoms. The second-order valence-corrected chi connectivity index (χ2v) is 13.5. The Morgan fingerprint density at radius 2 is 0.714 bits per heavy atom. The van der Waals surface area contributed by atoms with E-state index in [9.17, 15) is 19.2 Å². The predicted molar refractivity (Wildman–Crippen MR) is 169 cm³/mol. The normalized spacial score (nSPS) is 15.4. The summed E-state index contributed by atoms with van der Waals surface area (Å²) in [5.74, 6) is -1.32. The Labute approximate surface area is 252 Å². The molecule has 0 saturated carbocycles. The molecule has 2 aromatic rings. The lowest BCUT2D eigenvalue weighted by Gasteiger charge is -2.39. The molecule has 2 aromatic carbocycles. The van der Waals surface area contributed by atoms with E-state index in [4.69, 9.17) is 0 Å². The fraction of sp³-hybridized carbons (Fsp3) is 0.611. The zero-order valence-electron chi connectivity index (χ0n) is 26.7. The van der Waals surface area contributed by atoms with Gasteiger partial charge in [-0.15, -0.1) is 0 Å². The maximum absolute atomic E-state index is 13.9. The van der Waals surface area contributed by atoms with Crippen molar-refractivity contribution in [3.63, 3.8) is 0 Å². The highest BCUT2D eigenvalue weighted by Crippen LogP contribution is 2.41. The lowest BCUT2D eigenvalue weighted by Crippen LogP contribution is -2.48. The Kier molecular flexibility index (Phi) is 9.95. The molecule has 6 nitrogen and oxygen atoms in total. The van der Waals surface area contributed by atoms with Crippen LogP contribution < -0.4 is 0 Å². The highest BCUT2D eigenvalue weighted by molar-refractivity contribution is 6.33. The third-order valence-electron chi connectivity index (χ3n) is 9.68. The highest BCUT2D eigenvalue weighted by atomic mass is 16.2. The molecular formula is C36H50N2O4. The molecular weight excluding hydrogens is 524 g/mol. The first-order valence-electron chi connectivity index (χ1n) is 16.4. The molecule has 42 heavy (non-hydrogen) atoms. The van der Waals surface area contributed by atoms with Crippen LogP contribution in [0.2, 0.25) is 0 Å². The maximum atomic E-state index is 13.9. The van der Waals surface area contributed by atoms with Crippen LogP contribution in [0.1, 0.15) is 160 Å². The largest absolute Gasteiger partial charge is 0.274 e. The average Bonchev–Trinajstić information content (AvgIpc) is 2.99. The molecule has 2 aliphatic rings. The summed E-state index contributed by atoms with van der Waals surface area (Å²) in [7, 11) is 0. The van der Waals surface area contributed by atoms with Crippen LogP contribution in [0.4, 0.5) is 0 Å². The van der Waals surface area contributed by atoms with Crippen LogP contribution in [-0.4, -0.2) is 46.5 Å². The summed E-state index contributed by atoms with van der Waals surface area (Å²) in [5, 5.41) is 0.919. The quantitative estimate of drug-likeness (QED) is 0.188. The highest BCUT2D eigenvalue weighted by Gasteiger charge is 2.43. The van der Waals surface area contributed by atoms with Crippen molar-refractivity contribution in [2.75, 3.05) is 13.1 Å². The fourth-order valence-electron chi connectivity index (χ4n) is 7.01. The Hall–Kier alpha value is -3.02. The van der Waals surface area contributed by atoms with Gasteiger partial charge in [0.25, 0.3) is 23.6 Å². The van der Waals surface area contributed by atoms with Gasteiger partial charge in [-0.2, -0.15) is 0 Å². The molecule has 2 heterocycles. The smallest absolute Gasteiger partial charge is 0.261 e. The van der Waals surface area contributed by atoms with Gasteiger partial charge < -0.3 is 0 Å². The fourth-order valence-corrected chi connectivity index (χ4v) is 7.01. The van der Waals surface area contributed by atoms with Crippen molar-refractivity contribution in [3.05, 3.63) is 46.5 Å². The molecule has 0 radical (unpaired) electrons. The van der Waals surface area contributed by atoms with E-state index in [2.05, 4.69) is 41.5 Å². The van der Waals surface area contributed by atoms with Crippen LogP contribution in [-0.2, 0) is 0 Å². The first-order valence-corrected chi connectivity index (χ1v) is 16.4. The lowest BCUT2D eigenvalue weighted by atomic mass is 9.78. The lowest BCUT2D eigenvalue weighted by molar-refractivity contribution is 0.0495.